The molecule has 0 saturated carbocycles. The lowest BCUT2D eigenvalue weighted by Crippen LogP contribution is -2.35. The van der Waals surface area contributed by atoms with Crippen molar-refractivity contribution in [2.45, 2.75) is 63.7 Å². The second kappa shape index (κ2) is 9.53. The standard InChI is InChI=1S/C19H25Cl2N3O5S/c1-11(2)9-15(22-17(25)29-19(3,4)5)16-23-24-18(28-16)30(26,27)10-12-13(20)7-6-8-14(12)21/h6-8,11,15H,9-10H2,1-5H3,(H,22,25)/t15-/m1/s1. The highest BCUT2D eigenvalue weighted by Gasteiger charge is 2.30. The minimum Gasteiger partial charge on any atom is -0.444 e. The molecule has 0 aliphatic carbocycles. The highest BCUT2D eigenvalue weighted by atomic mass is 35.5. The Kier molecular flexibility index (Phi) is 7.76. The van der Waals surface area contributed by atoms with Crippen LogP contribution in [0.4, 0.5) is 4.79 Å². The molecule has 0 spiro atoms. The summed E-state index contributed by atoms with van der Waals surface area (Å²) in [5, 5.41) is 10.0. The largest absolute Gasteiger partial charge is 0.444 e. The van der Waals surface area contributed by atoms with Gasteiger partial charge in [0.25, 0.3) is 0 Å². The van der Waals surface area contributed by atoms with Gasteiger partial charge in [0.2, 0.25) is 15.7 Å². The molecule has 0 saturated heterocycles. The molecule has 1 aromatic heterocycles. The number of carbonyl (C=O) groups is 1. The van der Waals surface area contributed by atoms with Gasteiger partial charge in [0, 0.05) is 15.6 Å². The topological polar surface area (TPSA) is 111 Å². The number of sulfone groups is 1. The first-order valence-electron chi connectivity index (χ1n) is 9.27. The van der Waals surface area contributed by atoms with Crippen LogP contribution in [-0.4, -0.2) is 30.3 Å². The van der Waals surface area contributed by atoms with Crippen molar-refractivity contribution in [3.63, 3.8) is 0 Å². The fourth-order valence-corrected chi connectivity index (χ4v) is 4.43. The lowest BCUT2D eigenvalue weighted by atomic mass is 10.0. The molecule has 0 aliphatic rings. The van der Waals surface area contributed by atoms with Gasteiger partial charge in [0.05, 0.1) is 5.75 Å². The molecule has 8 nitrogen and oxygen atoms in total. The second-order valence-electron chi connectivity index (χ2n) is 8.19. The van der Waals surface area contributed by atoms with Crippen LogP contribution in [0.1, 0.15) is 58.5 Å². The van der Waals surface area contributed by atoms with Crippen molar-refractivity contribution in [2.75, 3.05) is 0 Å². The Morgan fingerprint density at radius 2 is 1.80 bits per heavy atom. The molecule has 0 aliphatic heterocycles. The number of halogens is 2. The summed E-state index contributed by atoms with van der Waals surface area (Å²) in [5.41, 5.74) is -0.449. The van der Waals surface area contributed by atoms with E-state index < -0.39 is 38.5 Å². The maximum absolute atomic E-state index is 12.7. The van der Waals surface area contributed by atoms with Crippen molar-refractivity contribution >= 4 is 39.1 Å². The lowest BCUT2D eigenvalue weighted by molar-refractivity contribution is 0.0487. The molecule has 1 N–H and O–H groups in total. The van der Waals surface area contributed by atoms with E-state index in [1.165, 1.54) is 0 Å². The van der Waals surface area contributed by atoms with Crippen LogP contribution in [0.3, 0.4) is 0 Å². The zero-order valence-electron chi connectivity index (χ0n) is 17.4. The molecule has 0 unspecified atom stereocenters. The van der Waals surface area contributed by atoms with E-state index in [1.54, 1.807) is 39.0 Å². The number of alkyl carbamates (subject to hydrolysis) is 1. The van der Waals surface area contributed by atoms with Crippen LogP contribution < -0.4 is 5.32 Å². The normalized spacial score (nSPS) is 13.3. The van der Waals surface area contributed by atoms with Crippen LogP contribution in [0.25, 0.3) is 0 Å². The molecule has 1 atom stereocenters. The summed E-state index contributed by atoms with van der Waals surface area (Å²) in [6.45, 7) is 9.10. The van der Waals surface area contributed by atoms with Crippen molar-refractivity contribution < 1.29 is 22.4 Å². The maximum atomic E-state index is 12.7. The zero-order valence-corrected chi connectivity index (χ0v) is 19.7. The Bertz CT molecular complexity index is 980. The van der Waals surface area contributed by atoms with Gasteiger partial charge in [-0.3, -0.25) is 0 Å². The number of amides is 1. The van der Waals surface area contributed by atoms with Crippen LogP contribution in [0.2, 0.25) is 10.0 Å². The Hall–Kier alpha value is -1.84. The highest BCUT2D eigenvalue weighted by Crippen LogP contribution is 2.29. The first kappa shape index (κ1) is 24.4. The Morgan fingerprint density at radius 1 is 1.20 bits per heavy atom. The van der Waals surface area contributed by atoms with Gasteiger partial charge >= 0.3 is 11.3 Å². The van der Waals surface area contributed by atoms with Crippen LogP contribution in [0, 0.1) is 5.92 Å². The minimum atomic E-state index is -4.01. The molecule has 1 amide bonds. The first-order chi connectivity index (χ1) is 13.8. The number of nitrogens with one attached hydrogen (secondary N) is 1. The molecular formula is C19H25Cl2N3O5S. The van der Waals surface area contributed by atoms with E-state index in [4.69, 9.17) is 32.4 Å². The molecule has 0 bridgehead atoms. The summed E-state index contributed by atoms with van der Waals surface area (Å²) in [6, 6.07) is 3.99. The smallest absolute Gasteiger partial charge is 0.408 e. The Morgan fingerprint density at radius 3 is 2.33 bits per heavy atom. The third-order valence-electron chi connectivity index (χ3n) is 3.78. The molecule has 1 heterocycles. The maximum Gasteiger partial charge on any atom is 0.408 e. The van der Waals surface area contributed by atoms with E-state index in [-0.39, 0.29) is 27.4 Å². The predicted molar refractivity (Wildman–Crippen MR) is 113 cm³/mol. The monoisotopic (exact) mass is 477 g/mol. The summed E-state index contributed by atoms with van der Waals surface area (Å²) in [7, 11) is -4.01. The molecule has 166 valence electrons. The Balaban J connectivity index is 2.26. The molecule has 0 fully saturated rings. The van der Waals surface area contributed by atoms with Crippen molar-refractivity contribution in [1.29, 1.82) is 0 Å². The van der Waals surface area contributed by atoms with Gasteiger partial charge in [-0.1, -0.05) is 48.2 Å². The molecule has 30 heavy (non-hydrogen) atoms. The minimum absolute atomic E-state index is 0.0293. The lowest BCUT2D eigenvalue weighted by Gasteiger charge is -2.22. The first-order valence-corrected chi connectivity index (χ1v) is 11.7. The average Bonchev–Trinajstić information content (AvgIpc) is 3.06. The quantitative estimate of drug-likeness (QED) is 0.599. The number of nitrogens with zero attached hydrogens (tertiary/aromatic N) is 2. The van der Waals surface area contributed by atoms with Crippen LogP contribution in [0.5, 0.6) is 0 Å². The average molecular weight is 478 g/mol. The molecular weight excluding hydrogens is 453 g/mol. The number of hydrogen-bond donors (Lipinski definition) is 1. The Labute approximate surface area is 186 Å². The van der Waals surface area contributed by atoms with Gasteiger partial charge in [-0.15, -0.1) is 5.10 Å². The molecule has 1 aromatic carbocycles. The van der Waals surface area contributed by atoms with E-state index in [9.17, 15) is 13.2 Å². The summed E-state index contributed by atoms with van der Waals surface area (Å²) < 4.78 is 36.2. The van der Waals surface area contributed by atoms with Crippen molar-refractivity contribution in [2.24, 2.45) is 5.92 Å². The van der Waals surface area contributed by atoms with Gasteiger partial charge in [0.1, 0.15) is 11.6 Å². The molecule has 2 aromatic rings. The van der Waals surface area contributed by atoms with E-state index in [0.717, 1.165) is 0 Å². The summed E-state index contributed by atoms with van der Waals surface area (Å²) >= 11 is 12.1. The SMILES string of the molecule is CC(C)C[C@@H](NC(=O)OC(C)(C)C)c1nnc(S(=O)(=O)Cc2c(Cl)cccc2Cl)o1. The third kappa shape index (κ3) is 6.85. The zero-order chi connectivity index (χ0) is 22.7. The van der Waals surface area contributed by atoms with Crippen LogP contribution in [-0.2, 0) is 20.3 Å². The fraction of sp³-hybridized carbons (Fsp3) is 0.526. The number of benzene rings is 1. The van der Waals surface area contributed by atoms with Gasteiger partial charge in [-0.25, -0.2) is 13.2 Å². The summed E-state index contributed by atoms with van der Waals surface area (Å²) in [5.74, 6) is -0.376. The van der Waals surface area contributed by atoms with Crippen LogP contribution >= 0.6 is 23.2 Å². The number of hydrogen-bond acceptors (Lipinski definition) is 7. The van der Waals surface area contributed by atoms with Gasteiger partial charge in [0.15, 0.2) is 0 Å². The summed E-state index contributed by atoms with van der Waals surface area (Å²) in [6.07, 6.45) is -0.226. The second-order valence-corrected chi connectivity index (χ2v) is 10.9. The summed E-state index contributed by atoms with van der Waals surface area (Å²) in [4.78, 5) is 12.2. The molecule has 0 radical (unpaired) electrons. The number of rotatable bonds is 7. The number of ether oxygens (including phenoxy) is 1. The van der Waals surface area contributed by atoms with E-state index in [1.807, 2.05) is 13.8 Å². The van der Waals surface area contributed by atoms with Crippen LogP contribution in [0.15, 0.2) is 27.8 Å². The van der Waals surface area contributed by atoms with Crippen molar-refractivity contribution in [1.82, 2.24) is 15.5 Å². The number of carbonyl (C=O) groups excluding carboxylic acids is 1. The molecule has 11 heteroatoms. The highest BCUT2D eigenvalue weighted by molar-refractivity contribution is 7.90. The van der Waals surface area contributed by atoms with Gasteiger partial charge in [-0.05, 0) is 45.2 Å². The van der Waals surface area contributed by atoms with E-state index in [2.05, 4.69) is 15.5 Å². The number of aromatic nitrogens is 2. The van der Waals surface area contributed by atoms with E-state index >= 15 is 0 Å². The van der Waals surface area contributed by atoms with Gasteiger partial charge in [-0.2, -0.15) is 0 Å². The molecule has 2 rings (SSSR count). The van der Waals surface area contributed by atoms with Crippen molar-refractivity contribution in [3.8, 4) is 0 Å². The van der Waals surface area contributed by atoms with Crippen molar-refractivity contribution in [3.05, 3.63) is 39.7 Å². The van der Waals surface area contributed by atoms with Gasteiger partial charge < -0.3 is 14.5 Å². The third-order valence-corrected chi connectivity index (χ3v) is 5.85. The predicted octanol–water partition coefficient (Wildman–Crippen LogP) is 4.96. The fourth-order valence-electron chi connectivity index (χ4n) is 2.55. The van der Waals surface area contributed by atoms with E-state index in [0.29, 0.717) is 6.42 Å².